The molecule has 0 unspecified atom stereocenters. The van der Waals surface area contributed by atoms with Gasteiger partial charge in [-0.25, -0.2) is 4.79 Å². The van der Waals surface area contributed by atoms with Gasteiger partial charge in [0.1, 0.15) is 11.3 Å². The van der Waals surface area contributed by atoms with Crippen LogP contribution in [0.5, 0.6) is 5.75 Å². The van der Waals surface area contributed by atoms with E-state index in [-0.39, 0.29) is 24.1 Å². The van der Waals surface area contributed by atoms with E-state index in [4.69, 9.17) is 9.15 Å². The molecule has 0 saturated heterocycles. The molecule has 1 amide bonds. The number of hydrogen-bond acceptors (Lipinski definition) is 5. The zero-order chi connectivity index (χ0) is 18.8. The number of aryl methyl sites for hydroxylation is 2. The maximum Gasteiger partial charge on any atom is 0.337 e. The van der Waals surface area contributed by atoms with Crippen LogP contribution in [0.3, 0.4) is 0 Å². The third-order valence-corrected chi connectivity index (χ3v) is 3.93. The molecule has 2 aromatic heterocycles. The lowest BCUT2D eigenvalue weighted by Crippen LogP contribution is -2.24. The zero-order valence-corrected chi connectivity index (χ0v) is 15.2. The van der Waals surface area contributed by atoms with Crippen molar-refractivity contribution in [2.24, 2.45) is 7.05 Å². The molecule has 3 rings (SSSR count). The van der Waals surface area contributed by atoms with Crippen molar-refractivity contribution in [1.82, 2.24) is 15.1 Å². The van der Waals surface area contributed by atoms with E-state index in [9.17, 15) is 9.59 Å². The molecular weight excluding hydrogens is 334 g/mol. The van der Waals surface area contributed by atoms with Gasteiger partial charge in [0.15, 0.2) is 0 Å². The summed E-state index contributed by atoms with van der Waals surface area (Å²) in [6.07, 6.45) is -0.00696. The highest BCUT2D eigenvalue weighted by Crippen LogP contribution is 2.23. The van der Waals surface area contributed by atoms with Crippen LogP contribution >= 0.6 is 0 Å². The molecule has 0 radical (unpaired) electrons. The van der Waals surface area contributed by atoms with Crippen LogP contribution in [0.4, 0.5) is 0 Å². The predicted molar refractivity (Wildman–Crippen MR) is 97.4 cm³/mol. The SMILES string of the molecule is Cc1cc(CNC(=O)c2cc(=O)oc3cc(OC(C)C)ccc23)nn1C. The molecule has 136 valence electrons. The maximum atomic E-state index is 12.6. The molecule has 26 heavy (non-hydrogen) atoms. The van der Waals surface area contributed by atoms with Gasteiger partial charge in [0.25, 0.3) is 5.91 Å². The van der Waals surface area contributed by atoms with Crippen molar-refractivity contribution in [2.45, 2.75) is 33.4 Å². The number of ether oxygens (including phenoxy) is 1. The highest BCUT2D eigenvalue weighted by molar-refractivity contribution is 6.05. The van der Waals surface area contributed by atoms with Crippen LogP contribution in [-0.4, -0.2) is 21.8 Å². The number of hydrogen-bond donors (Lipinski definition) is 1. The predicted octanol–water partition coefficient (Wildman–Crippen LogP) is 2.55. The fourth-order valence-electron chi connectivity index (χ4n) is 2.66. The van der Waals surface area contributed by atoms with Gasteiger partial charge in [0.2, 0.25) is 0 Å². The van der Waals surface area contributed by atoms with Crippen molar-refractivity contribution in [1.29, 1.82) is 0 Å². The van der Waals surface area contributed by atoms with Gasteiger partial charge in [-0.1, -0.05) is 0 Å². The van der Waals surface area contributed by atoms with Gasteiger partial charge in [-0.05, 0) is 39.0 Å². The fraction of sp³-hybridized carbons (Fsp3) is 0.316. The summed E-state index contributed by atoms with van der Waals surface area (Å²) in [5.41, 5.74) is 1.74. The van der Waals surface area contributed by atoms with Crippen molar-refractivity contribution in [3.63, 3.8) is 0 Å². The first-order valence-electron chi connectivity index (χ1n) is 8.36. The monoisotopic (exact) mass is 355 g/mol. The number of amides is 1. The second-order valence-corrected chi connectivity index (χ2v) is 6.39. The molecule has 0 saturated carbocycles. The van der Waals surface area contributed by atoms with E-state index in [0.717, 1.165) is 11.4 Å². The number of nitrogens with zero attached hydrogens (tertiary/aromatic N) is 2. The van der Waals surface area contributed by atoms with E-state index in [1.807, 2.05) is 33.9 Å². The molecule has 0 aliphatic rings. The molecule has 3 aromatic rings. The van der Waals surface area contributed by atoms with Crippen LogP contribution in [0, 0.1) is 6.92 Å². The summed E-state index contributed by atoms with van der Waals surface area (Å²) in [4.78, 5) is 24.4. The van der Waals surface area contributed by atoms with Crippen LogP contribution in [0.1, 0.15) is 35.6 Å². The molecule has 1 aromatic carbocycles. The summed E-state index contributed by atoms with van der Waals surface area (Å²) in [7, 11) is 1.84. The van der Waals surface area contributed by atoms with Crippen LogP contribution in [-0.2, 0) is 13.6 Å². The minimum atomic E-state index is -0.585. The Bertz CT molecular complexity index is 998. The Labute approximate surface area is 150 Å². The number of carbonyl (C=O) groups is 1. The van der Waals surface area contributed by atoms with E-state index < -0.39 is 5.63 Å². The highest BCUT2D eigenvalue weighted by Gasteiger charge is 2.15. The number of fused-ring (bicyclic) bond motifs is 1. The Hall–Kier alpha value is -3.09. The lowest BCUT2D eigenvalue weighted by atomic mass is 10.1. The Morgan fingerprint density at radius 3 is 2.73 bits per heavy atom. The maximum absolute atomic E-state index is 12.6. The average Bonchev–Trinajstić information content (AvgIpc) is 2.89. The smallest absolute Gasteiger partial charge is 0.337 e. The Kier molecular flexibility index (Phi) is 4.79. The average molecular weight is 355 g/mol. The molecule has 0 bridgehead atoms. The molecular formula is C19H21N3O4. The molecule has 7 nitrogen and oxygen atoms in total. The van der Waals surface area contributed by atoms with Gasteiger partial charge in [0, 0.05) is 30.3 Å². The van der Waals surface area contributed by atoms with Crippen molar-refractivity contribution in [2.75, 3.05) is 0 Å². The van der Waals surface area contributed by atoms with E-state index in [1.165, 1.54) is 6.07 Å². The van der Waals surface area contributed by atoms with Crippen LogP contribution in [0.15, 0.2) is 39.5 Å². The van der Waals surface area contributed by atoms with Crippen molar-refractivity contribution in [3.8, 4) is 5.75 Å². The molecule has 0 aliphatic carbocycles. The van der Waals surface area contributed by atoms with Crippen molar-refractivity contribution < 1.29 is 13.9 Å². The van der Waals surface area contributed by atoms with Gasteiger partial charge >= 0.3 is 5.63 Å². The number of rotatable bonds is 5. The Morgan fingerprint density at radius 1 is 1.31 bits per heavy atom. The number of nitrogens with one attached hydrogen (secondary N) is 1. The number of carbonyl (C=O) groups excluding carboxylic acids is 1. The number of benzene rings is 1. The quantitative estimate of drug-likeness (QED) is 0.711. The Morgan fingerprint density at radius 2 is 2.08 bits per heavy atom. The van der Waals surface area contributed by atoms with Crippen molar-refractivity contribution in [3.05, 3.63) is 57.7 Å². The summed E-state index contributed by atoms with van der Waals surface area (Å²) in [6.45, 7) is 6.02. The third-order valence-electron chi connectivity index (χ3n) is 3.93. The largest absolute Gasteiger partial charge is 0.491 e. The fourth-order valence-corrected chi connectivity index (χ4v) is 2.66. The second-order valence-electron chi connectivity index (χ2n) is 6.39. The summed E-state index contributed by atoms with van der Waals surface area (Å²) >= 11 is 0. The van der Waals surface area contributed by atoms with E-state index in [0.29, 0.717) is 16.7 Å². The van der Waals surface area contributed by atoms with Gasteiger partial charge in [-0.3, -0.25) is 9.48 Å². The zero-order valence-electron chi connectivity index (χ0n) is 15.2. The molecule has 7 heteroatoms. The van der Waals surface area contributed by atoms with Crippen LogP contribution < -0.4 is 15.7 Å². The van der Waals surface area contributed by atoms with E-state index in [1.54, 1.807) is 22.9 Å². The Balaban J connectivity index is 1.88. The van der Waals surface area contributed by atoms with Gasteiger partial charge in [-0.2, -0.15) is 5.10 Å². The van der Waals surface area contributed by atoms with Crippen LogP contribution in [0.2, 0.25) is 0 Å². The first kappa shape index (κ1) is 17.7. The second kappa shape index (κ2) is 7.03. The molecule has 0 atom stereocenters. The summed E-state index contributed by atoms with van der Waals surface area (Å²) in [5.74, 6) is 0.223. The standard InChI is InChI=1S/C19H21N3O4/c1-11(2)25-14-5-6-15-16(9-18(23)26-17(15)8-14)19(24)20-10-13-7-12(3)22(4)21-13/h5-9,11H,10H2,1-4H3,(H,20,24). The topological polar surface area (TPSA) is 86.4 Å². The molecule has 0 fully saturated rings. The molecule has 0 aliphatic heterocycles. The minimum absolute atomic E-state index is 0.00696. The lowest BCUT2D eigenvalue weighted by molar-refractivity contribution is 0.0951. The molecule has 1 N–H and O–H groups in total. The summed E-state index contributed by atoms with van der Waals surface area (Å²) < 4.78 is 12.6. The minimum Gasteiger partial charge on any atom is -0.491 e. The van der Waals surface area contributed by atoms with Gasteiger partial charge < -0.3 is 14.5 Å². The van der Waals surface area contributed by atoms with E-state index in [2.05, 4.69) is 10.4 Å². The van der Waals surface area contributed by atoms with E-state index >= 15 is 0 Å². The molecule has 0 spiro atoms. The lowest BCUT2D eigenvalue weighted by Gasteiger charge is -2.11. The van der Waals surface area contributed by atoms with Crippen LogP contribution in [0.25, 0.3) is 11.0 Å². The number of aromatic nitrogens is 2. The summed E-state index contributed by atoms with van der Waals surface area (Å²) in [6, 6.07) is 8.18. The van der Waals surface area contributed by atoms with Gasteiger partial charge in [-0.15, -0.1) is 0 Å². The molecule has 2 heterocycles. The van der Waals surface area contributed by atoms with Crippen molar-refractivity contribution >= 4 is 16.9 Å². The normalized spacial score (nSPS) is 11.1. The first-order valence-corrected chi connectivity index (χ1v) is 8.36. The first-order chi connectivity index (χ1) is 12.3. The summed E-state index contributed by atoms with van der Waals surface area (Å²) in [5, 5.41) is 7.65. The third kappa shape index (κ3) is 3.77. The highest BCUT2D eigenvalue weighted by atomic mass is 16.5. The van der Waals surface area contributed by atoms with Gasteiger partial charge in [0.05, 0.1) is 23.9 Å².